The molecule has 2 aromatic rings. The van der Waals surface area contributed by atoms with Crippen LogP contribution in [0.25, 0.3) is 6.08 Å². The Balaban J connectivity index is 1.99. The summed E-state index contributed by atoms with van der Waals surface area (Å²) in [5.74, 6) is 0.320. The van der Waals surface area contributed by atoms with Gasteiger partial charge in [0.2, 0.25) is 11.8 Å². The SMILES string of the molecule is COc1ccccc1/C=C/C(=O)Nc1ccc(NC(C)=O)cc1. The van der Waals surface area contributed by atoms with Crippen molar-refractivity contribution < 1.29 is 14.3 Å². The Kier molecular flexibility index (Phi) is 5.52. The third-order valence-corrected chi connectivity index (χ3v) is 3.03. The van der Waals surface area contributed by atoms with Gasteiger partial charge in [0.05, 0.1) is 7.11 Å². The smallest absolute Gasteiger partial charge is 0.248 e. The van der Waals surface area contributed by atoms with Crippen molar-refractivity contribution in [2.75, 3.05) is 17.7 Å². The van der Waals surface area contributed by atoms with Crippen molar-refractivity contribution >= 4 is 29.3 Å². The van der Waals surface area contributed by atoms with Crippen LogP contribution >= 0.6 is 0 Å². The second kappa shape index (κ2) is 7.79. The Bertz CT molecular complexity index is 721. The number of methoxy groups -OCH3 is 1. The van der Waals surface area contributed by atoms with Crippen molar-refractivity contribution in [3.05, 3.63) is 60.2 Å². The van der Waals surface area contributed by atoms with Crippen LogP contribution in [0.3, 0.4) is 0 Å². The van der Waals surface area contributed by atoms with Gasteiger partial charge in [-0.3, -0.25) is 9.59 Å². The minimum Gasteiger partial charge on any atom is -0.496 e. The molecule has 2 amide bonds. The molecule has 0 bridgehead atoms. The number of ether oxygens (including phenoxy) is 1. The highest BCUT2D eigenvalue weighted by atomic mass is 16.5. The number of benzene rings is 2. The topological polar surface area (TPSA) is 67.4 Å². The van der Waals surface area contributed by atoms with Gasteiger partial charge in [-0.1, -0.05) is 18.2 Å². The van der Waals surface area contributed by atoms with E-state index in [2.05, 4.69) is 10.6 Å². The molecule has 0 unspecified atom stereocenters. The van der Waals surface area contributed by atoms with E-state index in [4.69, 9.17) is 4.74 Å². The van der Waals surface area contributed by atoms with Crippen LogP contribution in [0.1, 0.15) is 12.5 Å². The number of rotatable bonds is 5. The Morgan fingerprint density at radius 3 is 2.17 bits per heavy atom. The first kappa shape index (κ1) is 16.3. The highest BCUT2D eigenvalue weighted by Gasteiger charge is 2.01. The zero-order valence-electron chi connectivity index (χ0n) is 13.0. The van der Waals surface area contributed by atoms with E-state index in [1.807, 2.05) is 24.3 Å². The van der Waals surface area contributed by atoms with Crippen molar-refractivity contribution in [3.63, 3.8) is 0 Å². The molecular formula is C18H18N2O3. The maximum atomic E-state index is 11.9. The lowest BCUT2D eigenvalue weighted by Crippen LogP contribution is -2.08. The van der Waals surface area contributed by atoms with E-state index in [9.17, 15) is 9.59 Å². The molecule has 0 atom stereocenters. The van der Waals surface area contributed by atoms with E-state index in [0.29, 0.717) is 17.1 Å². The number of hydrogen-bond acceptors (Lipinski definition) is 3. The van der Waals surface area contributed by atoms with E-state index in [-0.39, 0.29) is 11.8 Å². The first-order valence-electron chi connectivity index (χ1n) is 7.08. The Morgan fingerprint density at radius 2 is 1.57 bits per heavy atom. The molecule has 5 nitrogen and oxygen atoms in total. The van der Waals surface area contributed by atoms with Gasteiger partial charge >= 0.3 is 0 Å². The minimum absolute atomic E-state index is 0.137. The molecule has 0 aromatic heterocycles. The number of amides is 2. The van der Waals surface area contributed by atoms with Gasteiger partial charge in [-0.15, -0.1) is 0 Å². The van der Waals surface area contributed by atoms with Crippen LogP contribution in [-0.2, 0) is 9.59 Å². The van der Waals surface area contributed by atoms with Crippen molar-refractivity contribution in [1.29, 1.82) is 0 Å². The van der Waals surface area contributed by atoms with Gasteiger partial charge in [-0.05, 0) is 36.4 Å². The molecule has 0 heterocycles. The molecule has 2 N–H and O–H groups in total. The fourth-order valence-corrected chi connectivity index (χ4v) is 1.99. The normalized spacial score (nSPS) is 10.3. The molecule has 0 fully saturated rings. The van der Waals surface area contributed by atoms with Crippen LogP contribution in [0.4, 0.5) is 11.4 Å². The summed E-state index contributed by atoms with van der Waals surface area (Å²) in [7, 11) is 1.59. The van der Waals surface area contributed by atoms with Gasteiger partial charge in [0.25, 0.3) is 0 Å². The maximum absolute atomic E-state index is 11.9. The molecule has 0 aliphatic rings. The highest BCUT2D eigenvalue weighted by Crippen LogP contribution is 2.19. The number of hydrogen-bond donors (Lipinski definition) is 2. The molecule has 118 valence electrons. The molecule has 0 saturated heterocycles. The van der Waals surface area contributed by atoms with Crippen molar-refractivity contribution in [1.82, 2.24) is 0 Å². The second-order valence-electron chi connectivity index (χ2n) is 4.82. The average Bonchev–Trinajstić information content (AvgIpc) is 2.54. The van der Waals surface area contributed by atoms with Gasteiger partial charge in [0.1, 0.15) is 5.75 Å². The van der Waals surface area contributed by atoms with Gasteiger partial charge in [-0.25, -0.2) is 0 Å². The number of nitrogens with one attached hydrogen (secondary N) is 2. The summed E-state index contributed by atoms with van der Waals surface area (Å²) in [4.78, 5) is 22.9. The highest BCUT2D eigenvalue weighted by molar-refractivity contribution is 6.02. The van der Waals surface area contributed by atoms with Crippen LogP contribution in [0.5, 0.6) is 5.75 Å². The lowest BCUT2D eigenvalue weighted by Gasteiger charge is -2.05. The van der Waals surface area contributed by atoms with E-state index < -0.39 is 0 Å². The zero-order valence-corrected chi connectivity index (χ0v) is 13.0. The molecule has 5 heteroatoms. The molecule has 2 rings (SSSR count). The molecular weight excluding hydrogens is 292 g/mol. The minimum atomic E-state index is -0.247. The summed E-state index contributed by atoms with van der Waals surface area (Å²) < 4.78 is 5.22. The van der Waals surface area contributed by atoms with Gasteiger partial charge < -0.3 is 15.4 Å². The predicted molar refractivity (Wildman–Crippen MR) is 91.4 cm³/mol. The summed E-state index contributed by atoms with van der Waals surface area (Å²) >= 11 is 0. The van der Waals surface area contributed by atoms with Crippen LogP contribution in [0.2, 0.25) is 0 Å². The summed E-state index contributed by atoms with van der Waals surface area (Å²) in [6.45, 7) is 1.44. The monoisotopic (exact) mass is 310 g/mol. The molecule has 0 saturated carbocycles. The third-order valence-electron chi connectivity index (χ3n) is 3.03. The quantitative estimate of drug-likeness (QED) is 0.833. The second-order valence-corrected chi connectivity index (χ2v) is 4.82. The predicted octanol–water partition coefficient (Wildman–Crippen LogP) is 3.31. The first-order valence-corrected chi connectivity index (χ1v) is 7.08. The Hall–Kier alpha value is -3.08. The van der Waals surface area contributed by atoms with Crippen LogP contribution in [-0.4, -0.2) is 18.9 Å². The first-order chi connectivity index (χ1) is 11.1. The molecule has 0 aliphatic heterocycles. The van der Waals surface area contributed by atoms with E-state index in [1.165, 1.54) is 13.0 Å². The fraction of sp³-hybridized carbons (Fsp3) is 0.111. The van der Waals surface area contributed by atoms with Gasteiger partial charge in [-0.2, -0.15) is 0 Å². The molecule has 2 aromatic carbocycles. The Morgan fingerprint density at radius 1 is 0.957 bits per heavy atom. The fourth-order valence-electron chi connectivity index (χ4n) is 1.99. The third kappa shape index (κ3) is 5.00. The van der Waals surface area contributed by atoms with Crippen LogP contribution in [0.15, 0.2) is 54.6 Å². The van der Waals surface area contributed by atoms with Crippen LogP contribution in [0, 0.1) is 0 Å². The summed E-state index contributed by atoms with van der Waals surface area (Å²) in [6, 6.07) is 14.3. The number of anilines is 2. The van der Waals surface area contributed by atoms with E-state index in [1.54, 1.807) is 37.5 Å². The Labute approximate surface area is 135 Å². The largest absolute Gasteiger partial charge is 0.496 e. The molecule has 23 heavy (non-hydrogen) atoms. The summed E-state index contributed by atoms with van der Waals surface area (Å²) in [5.41, 5.74) is 2.15. The number of carbonyl (C=O) groups excluding carboxylic acids is 2. The summed E-state index contributed by atoms with van der Waals surface area (Å²) in [6.07, 6.45) is 3.14. The lowest BCUT2D eigenvalue weighted by atomic mass is 10.2. The maximum Gasteiger partial charge on any atom is 0.248 e. The number of para-hydroxylation sites is 1. The average molecular weight is 310 g/mol. The molecule has 0 radical (unpaired) electrons. The molecule has 0 aliphatic carbocycles. The van der Waals surface area contributed by atoms with Crippen LogP contribution < -0.4 is 15.4 Å². The van der Waals surface area contributed by atoms with E-state index >= 15 is 0 Å². The molecule has 0 spiro atoms. The van der Waals surface area contributed by atoms with Crippen molar-refractivity contribution in [3.8, 4) is 5.75 Å². The van der Waals surface area contributed by atoms with E-state index in [0.717, 1.165) is 5.56 Å². The number of carbonyl (C=O) groups is 2. The standard InChI is InChI=1S/C18H18N2O3/c1-13(21)19-15-8-10-16(11-9-15)20-18(22)12-7-14-5-3-4-6-17(14)23-2/h3-12H,1-2H3,(H,19,21)(H,20,22)/b12-7+. The van der Waals surface area contributed by atoms with Crippen molar-refractivity contribution in [2.24, 2.45) is 0 Å². The van der Waals surface area contributed by atoms with Crippen molar-refractivity contribution in [2.45, 2.75) is 6.92 Å². The van der Waals surface area contributed by atoms with Gasteiger partial charge in [0, 0.05) is 29.9 Å². The summed E-state index contributed by atoms with van der Waals surface area (Å²) in [5, 5.41) is 5.42. The zero-order chi connectivity index (χ0) is 16.7. The van der Waals surface area contributed by atoms with Gasteiger partial charge in [0.15, 0.2) is 0 Å². The lowest BCUT2D eigenvalue weighted by molar-refractivity contribution is -0.114.